The number of aromatic nitrogens is 3. The molecule has 8 heteroatoms. The fourth-order valence-corrected chi connectivity index (χ4v) is 3.21. The molecular formula is C14H14Cl2N4OS. The molecule has 0 unspecified atom stereocenters. The summed E-state index contributed by atoms with van der Waals surface area (Å²) in [7, 11) is 0. The SMILES string of the molecule is C[C@@H](Sc1nncn1C1CC1)C(=O)Nc1cccc(Cl)c1Cl. The Kier molecular flexibility index (Phi) is 4.61. The molecule has 0 saturated heterocycles. The van der Waals surface area contributed by atoms with Gasteiger partial charge < -0.3 is 9.88 Å². The normalized spacial score (nSPS) is 15.6. The van der Waals surface area contributed by atoms with E-state index in [0.717, 1.165) is 18.0 Å². The van der Waals surface area contributed by atoms with Gasteiger partial charge in [-0.15, -0.1) is 10.2 Å². The number of amides is 1. The largest absolute Gasteiger partial charge is 0.324 e. The molecule has 0 spiro atoms. The lowest BCUT2D eigenvalue weighted by Gasteiger charge is -2.13. The van der Waals surface area contributed by atoms with Gasteiger partial charge in [0.05, 0.1) is 21.0 Å². The van der Waals surface area contributed by atoms with Gasteiger partial charge in [0, 0.05) is 6.04 Å². The van der Waals surface area contributed by atoms with Gasteiger partial charge in [-0.05, 0) is 31.9 Å². The van der Waals surface area contributed by atoms with E-state index in [0.29, 0.717) is 21.8 Å². The number of halogens is 2. The van der Waals surface area contributed by atoms with Crippen molar-refractivity contribution in [1.82, 2.24) is 14.8 Å². The predicted molar refractivity (Wildman–Crippen MR) is 88.7 cm³/mol. The van der Waals surface area contributed by atoms with Crippen molar-refractivity contribution in [3.05, 3.63) is 34.6 Å². The molecule has 1 heterocycles. The first kappa shape index (κ1) is 15.6. The van der Waals surface area contributed by atoms with Gasteiger partial charge in [-0.25, -0.2) is 0 Å². The van der Waals surface area contributed by atoms with Crippen molar-refractivity contribution >= 4 is 46.6 Å². The minimum Gasteiger partial charge on any atom is -0.324 e. The van der Waals surface area contributed by atoms with Crippen molar-refractivity contribution in [3.8, 4) is 0 Å². The van der Waals surface area contributed by atoms with Crippen LogP contribution in [0.15, 0.2) is 29.7 Å². The first-order valence-corrected chi connectivity index (χ1v) is 8.51. The van der Waals surface area contributed by atoms with E-state index in [1.165, 1.54) is 11.8 Å². The van der Waals surface area contributed by atoms with E-state index in [4.69, 9.17) is 23.2 Å². The van der Waals surface area contributed by atoms with E-state index >= 15 is 0 Å². The highest BCUT2D eigenvalue weighted by molar-refractivity contribution is 8.00. The molecule has 2 aromatic rings. The summed E-state index contributed by atoms with van der Waals surface area (Å²) in [4.78, 5) is 12.3. The summed E-state index contributed by atoms with van der Waals surface area (Å²) >= 11 is 13.4. The Bertz CT molecular complexity index is 702. The van der Waals surface area contributed by atoms with Gasteiger partial charge in [0.1, 0.15) is 6.33 Å². The first-order chi connectivity index (χ1) is 10.6. The highest BCUT2D eigenvalue weighted by Gasteiger charge is 2.28. The van der Waals surface area contributed by atoms with Crippen molar-refractivity contribution in [2.24, 2.45) is 0 Å². The van der Waals surface area contributed by atoms with Crippen molar-refractivity contribution in [2.45, 2.75) is 36.2 Å². The molecule has 0 bridgehead atoms. The Balaban J connectivity index is 1.66. The van der Waals surface area contributed by atoms with Crippen LogP contribution in [0.4, 0.5) is 5.69 Å². The number of thioether (sulfide) groups is 1. The Morgan fingerprint density at radius 3 is 2.95 bits per heavy atom. The number of hydrogen-bond acceptors (Lipinski definition) is 4. The molecule has 1 fully saturated rings. The van der Waals surface area contributed by atoms with Gasteiger partial charge >= 0.3 is 0 Å². The van der Waals surface area contributed by atoms with Crippen LogP contribution in [0.1, 0.15) is 25.8 Å². The number of nitrogens with one attached hydrogen (secondary N) is 1. The zero-order chi connectivity index (χ0) is 15.7. The molecular weight excluding hydrogens is 343 g/mol. The van der Waals surface area contributed by atoms with Gasteiger partial charge in [-0.1, -0.05) is 41.0 Å². The molecule has 22 heavy (non-hydrogen) atoms. The number of carbonyl (C=O) groups is 1. The quantitative estimate of drug-likeness (QED) is 0.821. The third-order valence-electron chi connectivity index (χ3n) is 3.34. The molecule has 5 nitrogen and oxygen atoms in total. The minimum absolute atomic E-state index is 0.153. The Morgan fingerprint density at radius 1 is 1.45 bits per heavy atom. The second-order valence-electron chi connectivity index (χ2n) is 5.10. The maximum absolute atomic E-state index is 12.3. The van der Waals surface area contributed by atoms with Crippen LogP contribution < -0.4 is 5.32 Å². The average Bonchev–Trinajstić information content (AvgIpc) is 3.24. The lowest BCUT2D eigenvalue weighted by Crippen LogP contribution is -2.23. The Hall–Kier alpha value is -1.24. The molecule has 1 aromatic heterocycles. The number of nitrogens with zero attached hydrogens (tertiary/aromatic N) is 3. The fraction of sp³-hybridized carbons (Fsp3) is 0.357. The van der Waals surface area contributed by atoms with Gasteiger partial charge in [0.2, 0.25) is 5.91 Å². The minimum atomic E-state index is -0.322. The van der Waals surface area contributed by atoms with Crippen LogP contribution in [0.5, 0.6) is 0 Å². The molecule has 0 aliphatic heterocycles. The monoisotopic (exact) mass is 356 g/mol. The van der Waals surface area contributed by atoms with E-state index < -0.39 is 0 Å². The third kappa shape index (κ3) is 3.39. The predicted octanol–water partition coefficient (Wildman–Crippen LogP) is 4.04. The fourth-order valence-electron chi connectivity index (χ4n) is 1.97. The molecule has 1 aromatic carbocycles. The lowest BCUT2D eigenvalue weighted by molar-refractivity contribution is -0.115. The summed E-state index contributed by atoms with van der Waals surface area (Å²) in [5, 5.41) is 12.0. The molecule has 1 atom stereocenters. The van der Waals surface area contributed by atoms with E-state index in [1.807, 2.05) is 11.5 Å². The summed E-state index contributed by atoms with van der Waals surface area (Å²) in [6, 6.07) is 5.62. The molecule has 1 aliphatic rings. The van der Waals surface area contributed by atoms with Crippen molar-refractivity contribution < 1.29 is 4.79 Å². The van der Waals surface area contributed by atoms with Crippen LogP contribution in [0.25, 0.3) is 0 Å². The highest BCUT2D eigenvalue weighted by atomic mass is 35.5. The zero-order valence-corrected chi connectivity index (χ0v) is 14.1. The van der Waals surface area contributed by atoms with E-state index in [-0.39, 0.29) is 11.2 Å². The van der Waals surface area contributed by atoms with Gasteiger partial charge in [-0.3, -0.25) is 4.79 Å². The third-order valence-corrected chi connectivity index (χ3v) is 5.23. The van der Waals surface area contributed by atoms with Crippen molar-refractivity contribution in [2.75, 3.05) is 5.32 Å². The molecule has 0 radical (unpaired) electrons. The van der Waals surface area contributed by atoms with Crippen LogP contribution in [-0.2, 0) is 4.79 Å². The molecule has 3 rings (SSSR count). The van der Waals surface area contributed by atoms with Crippen molar-refractivity contribution in [1.29, 1.82) is 0 Å². The topological polar surface area (TPSA) is 59.8 Å². The maximum Gasteiger partial charge on any atom is 0.237 e. The molecule has 116 valence electrons. The smallest absolute Gasteiger partial charge is 0.237 e. The summed E-state index contributed by atoms with van der Waals surface area (Å²) in [6.45, 7) is 1.82. The Labute approximate surface area is 142 Å². The van der Waals surface area contributed by atoms with Gasteiger partial charge in [0.15, 0.2) is 5.16 Å². The van der Waals surface area contributed by atoms with Crippen LogP contribution in [0.3, 0.4) is 0 Å². The van der Waals surface area contributed by atoms with E-state index in [2.05, 4.69) is 15.5 Å². The van der Waals surface area contributed by atoms with Crippen LogP contribution in [0.2, 0.25) is 10.0 Å². The maximum atomic E-state index is 12.3. The number of carbonyl (C=O) groups excluding carboxylic acids is 1. The van der Waals surface area contributed by atoms with E-state index in [9.17, 15) is 4.79 Å². The average molecular weight is 357 g/mol. The number of benzene rings is 1. The molecule has 1 amide bonds. The van der Waals surface area contributed by atoms with Crippen molar-refractivity contribution in [3.63, 3.8) is 0 Å². The van der Waals surface area contributed by atoms with Crippen LogP contribution >= 0.6 is 35.0 Å². The van der Waals surface area contributed by atoms with E-state index in [1.54, 1.807) is 24.5 Å². The lowest BCUT2D eigenvalue weighted by atomic mass is 10.3. The second kappa shape index (κ2) is 6.48. The molecule has 1 aliphatic carbocycles. The zero-order valence-electron chi connectivity index (χ0n) is 11.8. The highest BCUT2D eigenvalue weighted by Crippen LogP contribution is 2.38. The number of anilines is 1. The summed E-state index contributed by atoms with van der Waals surface area (Å²) in [5.74, 6) is -0.153. The number of rotatable bonds is 5. The van der Waals surface area contributed by atoms with Gasteiger partial charge in [-0.2, -0.15) is 0 Å². The van der Waals surface area contributed by atoms with Crippen LogP contribution in [0, 0.1) is 0 Å². The van der Waals surface area contributed by atoms with Crippen LogP contribution in [-0.4, -0.2) is 25.9 Å². The standard InChI is InChI=1S/C14H14Cl2N4OS/c1-8(22-14-19-17-7-20(14)9-5-6-9)13(21)18-11-4-2-3-10(15)12(11)16/h2-4,7-9H,5-6H2,1H3,(H,18,21)/t8-/m1/s1. The number of hydrogen-bond donors (Lipinski definition) is 1. The molecule has 1 N–H and O–H groups in total. The second-order valence-corrected chi connectivity index (χ2v) is 7.20. The Morgan fingerprint density at radius 2 is 2.23 bits per heavy atom. The first-order valence-electron chi connectivity index (χ1n) is 6.87. The summed E-state index contributed by atoms with van der Waals surface area (Å²) < 4.78 is 2.03. The van der Waals surface area contributed by atoms with Gasteiger partial charge in [0.25, 0.3) is 0 Å². The molecule has 1 saturated carbocycles. The summed E-state index contributed by atoms with van der Waals surface area (Å²) in [6.07, 6.45) is 4.01. The summed E-state index contributed by atoms with van der Waals surface area (Å²) in [5.41, 5.74) is 0.510.